The van der Waals surface area contributed by atoms with Gasteiger partial charge in [-0.25, -0.2) is 4.98 Å². The van der Waals surface area contributed by atoms with E-state index in [0.29, 0.717) is 29.6 Å². The fourth-order valence-corrected chi connectivity index (χ4v) is 3.56. The molecular formula is C24H25N5O2. The van der Waals surface area contributed by atoms with Crippen LogP contribution in [0.3, 0.4) is 0 Å². The number of ether oxygens (including phenoxy) is 1. The Kier molecular flexibility index (Phi) is 5.58. The minimum absolute atomic E-state index is 0.0148. The topological polar surface area (TPSA) is 95.1 Å². The lowest BCUT2D eigenvalue weighted by atomic mass is 10.1. The molecule has 0 radical (unpaired) electrons. The Hall–Kier alpha value is -3.87. The Bertz CT molecular complexity index is 1230. The second-order valence-electron chi connectivity index (χ2n) is 7.61. The van der Waals surface area contributed by atoms with Crippen molar-refractivity contribution < 1.29 is 9.53 Å². The van der Waals surface area contributed by atoms with E-state index in [9.17, 15) is 4.79 Å². The second-order valence-corrected chi connectivity index (χ2v) is 7.61. The highest BCUT2D eigenvalue weighted by Gasteiger charge is 2.17. The zero-order valence-corrected chi connectivity index (χ0v) is 17.8. The molecule has 2 aromatic carbocycles. The predicted octanol–water partition coefficient (Wildman–Crippen LogP) is 4.23. The first kappa shape index (κ1) is 20.4. The van der Waals surface area contributed by atoms with Crippen molar-refractivity contribution in [3.05, 3.63) is 77.6 Å². The number of fused-ring (bicyclic) bond motifs is 1. The van der Waals surface area contributed by atoms with Crippen LogP contribution >= 0.6 is 0 Å². The number of hydrogen-bond acceptors (Lipinski definition) is 5. The fourth-order valence-electron chi connectivity index (χ4n) is 3.56. The molecule has 4 aromatic rings. The Morgan fingerprint density at radius 2 is 1.94 bits per heavy atom. The first-order valence-electron chi connectivity index (χ1n) is 10.2. The SMILES string of the molecule is Cc1cc2c(C(N)=O)cccc2n1-c1ncc(OC(C)C)c(NCc2ccccc2)n1. The van der Waals surface area contributed by atoms with Crippen LogP contribution in [0.4, 0.5) is 5.82 Å². The molecule has 0 unspecified atom stereocenters. The van der Waals surface area contributed by atoms with Crippen LogP contribution in [0.5, 0.6) is 5.75 Å². The molecule has 3 N–H and O–H groups in total. The van der Waals surface area contributed by atoms with E-state index in [2.05, 4.69) is 10.3 Å². The molecule has 0 aliphatic carbocycles. The molecule has 4 rings (SSSR count). The Morgan fingerprint density at radius 1 is 1.16 bits per heavy atom. The van der Waals surface area contributed by atoms with Crippen LogP contribution in [-0.4, -0.2) is 26.5 Å². The highest BCUT2D eigenvalue weighted by Crippen LogP contribution is 2.29. The smallest absolute Gasteiger partial charge is 0.249 e. The summed E-state index contributed by atoms with van der Waals surface area (Å²) in [7, 11) is 0. The molecule has 2 aromatic heterocycles. The molecule has 0 saturated carbocycles. The number of nitrogens with two attached hydrogens (primary N) is 1. The van der Waals surface area contributed by atoms with E-state index in [4.69, 9.17) is 15.5 Å². The lowest BCUT2D eigenvalue weighted by molar-refractivity contribution is 0.100. The van der Waals surface area contributed by atoms with Crippen molar-refractivity contribution in [2.75, 3.05) is 5.32 Å². The summed E-state index contributed by atoms with van der Waals surface area (Å²) in [6.45, 7) is 6.47. The molecule has 2 heterocycles. The second kappa shape index (κ2) is 8.47. The number of primary amides is 1. The van der Waals surface area contributed by atoms with Crippen LogP contribution in [0.1, 0.15) is 35.5 Å². The van der Waals surface area contributed by atoms with Gasteiger partial charge in [0, 0.05) is 23.2 Å². The van der Waals surface area contributed by atoms with Crippen LogP contribution in [-0.2, 0) is 6.54 Å². The number of aryl methyl sites for hydroxylation is 1. The number of rotatable bonds is 7. The van der Waals surface area contributed by atoms with Crippen molar-refractivity contribution in [2.24, 2.45) is 5.73 Å². The van der Waals surface area contributed by atoms with Crippen LogP contribution in [0.2, 0.25) is 0 Å². The summed E-state index contributed by atoms with van der Waals surface area (Å²) in [4.78, 5) is 21.2. The van der Waals surface area contributed by atoms with Gasteiger partial charge >= 0.3 is 0 Å². The highest BCUT2D eigenvalue weighted by atomic mass is 16.5. The summed E-state index contributed by atoms with van der Waals surface area (Å²) in [5.74, 6) is 1.21. The van der Waals surface area contributed by atoms with Crippen LogP contribution in [0.15, 0.2) is 60.8 Å². The number of amides is 1. The number of nitrogens with one attached hydrogen (secondary N) is 1. The normalized spacial score (nSPS) is 11.1. The Labute approximate surface area is 180 Å². The number of benzene rings is 2. The van der Waals surface area contributed by atoms with Crippen LogP contribution in [0, 0.1) is 6.92 Å². The van der Waals surface area contributed by atoms with Crippen molar-refractivity contribution in [2.45, 2.75) is 33.4 Å². The minimum atomic E-state index is -0.463. The van der Waals surface area contributed by atoms with Crippen molar-refractivity contribution in [3.63, 3.8) is 0 Å². The van der Waals surface area contributed by atoms with Crippen molar-refractivity contribution in [1.82, 2.24) is 14.5 Å². The van der Waals surface area contributed by atoms with Gasteiger partial charge in [0.05, 0.1) is 17.8 Å². The van der Waals surface area contributed by atoms with E-state index >= 15 is 0 Å². The number of carbonyl (C=O) groups is 1. The average Bonchev–Trinajstić information content (AvgIpc) is 3.09. The first-order chi connectivity index (χ1) is 14.9. The molecule has 0 atom stereocenters. The van der Waals surface area contributed by atoms with E-state index in [0.717, 1.165) is 22.2 Å². The van der Waals surface area contributed by atoms with E-state index in [1.54, 1.807) is 12.3 Å². The third-order valence-electron chi connectivity index (χ3n) is 4.90. The molecule has 7 heteroatoms. The van der Waals surface area contributed by atoms with E-state index in [1.807, 2.05) is 73.9 Å². The summed E-state index contributed by atoms with van der Waals surface area (Å²) < 4.78 is 7.83. The van der Waals surface area contributed by atoms with Gasteiger partial charge < -0.3 is 15.8 Å². The van der Waals surface area contributed by atoms with Crippen molar-refractivity contribution >= 4 is 22.6 Å². The Morgan fingerprint density at radius 3 is 2.65 bits per heavy atom. The number of anilines is 1. The van der Waals surface area contributed by atoms with Gasteiger partial charge in [0.1, 0.15) is 0 Å². The molecule has 0 aliphatic rings. The molecule has 0 spiro atoms. The highest BCUT2D eigenvalue weighted by molar-refractivity contribution is 6.06. The number of aromatic nitrogens is 3. The van der Waals surface area contributed by atoms with Crippen LogP contribution in [0.25, 0.3) is 16.9 Å². The van der Waals surface area contributed by atoms with E-state index < -0.39 is 5.91 Å². The zero-order valence-electron chi connectivity index (χ0n) is 17.8. The Balaban J connectivity index is 1.78. The molecule has 1 amide bonds. The maximum absolute atomic E-state index is 11.8. The number of hydrogen-bond donors (Lipinski definition) is 2. The predicted molar refractivity (Wildman–Crippen MR) is 122 cm³/mol. The van der Waals surface area contributed by atoms with Gasteiger partial charge in [0.25, 0.3) is 0 Å². The van der Waals surface area contributed by atoms with Crippen molar-refractivity contribution in [1.29, 1.82) is 0 Å². The van der Waals surface area contributed by atoms with Gasteiger partial charge in [0.15, 0.2) is 11.6 Å². The zero-order chi connectivity index (χ0) is 22.0. The molecule has 7 nitrogen and oxygen atoms in total. The molecular weight excluding hydrogens is 390 g/mol. The standard InChI is InChI=1S/C24H25N5O2/c1-15(2)31-21-14-27-24(28-23(21)26-13-17-8-5-4-6-9-17)29-16(3)12-19-18(22(25)30)10-7-11-20(19)29/h4-12,14-15H,13H2,1-3H3,(H2,25,30)(H,26,27,28). The lowest BCUT2D eigenvalue weighted by Crippen LogP contribution is -2.13. The molecule has 0 bridgehead atoms. The first-order valence-corrected chi connectivity index (χ1v) is 10.2. The maximum Gasteiger partial charge on any atom is 0.249 e. The van der Waals surface area contributed by atoms with Crippen molar-refractivity contribution in [3.8, 4) is 11.7 Å². The van der Waals surface area contributed by atoms with Gasteiger partial charge in [-0.05, 0) is 44.5 Å². The fraction of sp³-hybridized carbons (Fsp3) is 0.208. The van der Waals surface area contributed by atoms with E-state index in [-0.39, 0.29) is 6.10 Å². The molecule has 0 fully saturated rings. The molecule has 31 heavy (non-hydrogen) atoms. The van der Waals surface area contributed by atoms with Crippen LogP contribution < -0.4 is 15.8 Å². The summed E-state index contributed by atoms with van der Waals surface area (Å²) in [6.07, 6.45) is 1.66. The van der Waals surface area contributed by atoms with Gasteiger partial charge in [-0.2, -0.15) is 4.98 Å². The third-order valence-corrected chi connectivity index (χ3v) is 4.90. The van der Waals surface area contributed by atoms with E-state index in [1.165, 1.54) is 0 Å². The third kappa shape index (κ3) is 4.21. The largest absolute Gasteiger partial charge is 0.486 e. The maximum atomic E-state index is 11.8. The molecule has 0 saturated heterocycles. The van der Waals surface area contributed by atoms with Gasteiger partial charge in [-0.1, -0.05) is 36.4 Å². The number of nitrogens with zero attached hydrogens (tertiary/aromatic N) is 3. The minimum Gasteiger partial charge on any atom is -0.486 e. The summed E-state index contributed by atoms with van der Waals surface area (Å²) in [6, 6.07) is 17.5. The number of carbonyl (C=O) groups excluding carboxylic acids is 1. The summed E-state index contributed by atoms with van der Waals surface area (Å²) in [5, 5.41) is 4.15. The van der Waals surface area contributed by atoms with Gasteiger partial charge in [0.2, 0.25) is 11.9 Å². The summed E-state index contributed by atoms with van der Waals surface area (Å²) in [5.41, 5.74) is 8.88. The van der Waals surface area contributed by atoms with Gasteiger partial charge in [-0.3, -0.25) is 9.36 Å². The molecule has 0 aliphatic heterocycles. The quantitative estimate of drug-likeness (QED) is 0.471. The lowest BCUT2D eigenvalue weighted by Gasteiger charge is -2.16. The average molecular weight is 415 g/mol. The summed E-state index contributed by atoms with van der Waals surface area (Å²) >= 11 is 0. The monoisotopic (exact) mass is 415 g/mol. The molecule has 158 valence electrons. The van der Waals surface area contributed by atoms with Gasteiger partial charge in [-0.15, -0.1) is 0 Å².